The molecule has 0 aliphatic carbocycles. The van der Waals surface area contributed by atoms with Crippen LogP contribution in [0.25, 0.3) is 0 Å². The largest absolute Gasteiger partial charge is 0.389 e. The standard InChI is InChI=1S/C14H31NO3/c1-6-17-13(18-7-2)8-9-15-11-14(5,16)10-12(3)4/h12-13,15-16H,6-11H2,1-5H3. The summed E-state index contributed by atoms with van der Waals surface area (Å²) in [6.45, 7) is 12.8. The van der Waals surface area contributed by atoms with Crippen LogP contribution >= 0.6 is 0 Å². The van der Waals surface area contributed by atoms with E-state index in [1.807, 2.05) is 20.8 Å². The van der Waals surface area contributed by atoms with Gasteiger partial charge in [-0.2, -0.15) is 0 Å². The van der Waals surface area contributed by atoms with Gasteiger partial charge in [0.05, 0.1) is 5.60 Å². The summed E-state index contributed by atoms with van der Waals surface area (Å²) in [6, 6.07) is 0. The minimum Gasteiger partial charge on any atom is -0.389 e. The van der Waals surface area contributed by atoms with Gasteiger partial charge in [-0.15, -0.1) is 0 Å². The third-order valence-electron chi connectivity index (χ3n) is 2.62. The van der Waals surface area contributed by atoms with Crippen LogP contribution in [0, 0.1) is 5.92 Å². The lowest BCUT2D eigenvalue weighted by Crippen LogP contribution is -2.40. The van der Waals surface area contributed by atoms with Gasteiger partial charge in [-0.1, -0.05) is 13.8 Å². The van der Waals surface area contributed by atoms with Crippen molar-refractivity contribution in [3.8, 4) is 0 Å². The van der Waals surface area contributed by atoms with Crippen molar-refractivity contribution in [2.24, 2.45) is 5.92 Å². The van der Waals surface area contributed by atoms with Gasteiger partial charge in [-0.25, -0.2) is 0 Å². The summed E-state index contributed by atoms with van der Waals surface area (Å²) in [7, 11) is 0. The number of hydrogen-bond acceptors (Lipinski definition) is 4. The highest BCUT2D eigenvalue weighted by molar-refractivity contribution is 4.76. The molecule has 18 heavy (non-hydrogen) atoms. The van der Waals surface area contributed by atoms with Crippen molar-refractivity contribution in [2.45, 2.75) is 59.4 Å². The summed E-state index contributed by atoms with van der Waals surface area (Å²) in [4.78, 5) is 0. The van der Waals surface area contributed by atoms with Crippen molar-refractivity contribution < 1.29 is 14.6 Å². The molecule has 1 atom stereocenters. The van der Waals surface area contributed by atoms with Crippen molar-refractivity contribution in [2.75, 3.05) is 26.3 Å². The van der Waals surface area contributed by atoms with E-state index < -0.39 is 5.60 Å². The Balaban J connectivity index is 3.75. The normalized spacial score (nSPS) is 15.3. The first kappa shape index (κ1) is 17.8. The lowest BCUT2D eigenvalue weighted by Gasteiger charge is -2.26. The Bertz CT molecular complexity index is 189. The number of nitrogens with one attached hydrogen (secondary N) is 1. The molecule has 0 fully saturated rings. The Morgan fingerprint density at radius 3 is 2.17 bits per heavy atom. The van der Waals surface area contributed by atoms with Crippen LogP contribution < -0.4 is 5.32 Å². The fourth-order valence-electron chi connectivity index (χ4n) is 2.12. The molecule has 0 aromatic rings. The first-order chi connectivity index (χ1) is 8.41. The van der Waals surface area contributed by atoms with Crippen LogP contribution in [0.3, 0.4) is 0 Å². The van der Waals surface area contributed by atoms with Crippen LogP contribution in [0.15, 0.2) is 0 Å². The number of hydrogen-bond donors (Lipinski definition) is 2. The Hall–Kier alpha value is -0.160. The van der Waals surface area contributed by atoms with Gasteiger partial charge in [0.1, 0.15) is 0 Å². The average Bonchev–Trinajstić information content (AvgIpc) is 2.23. The minimum atomic E-state index is -0.638. The van der Waals surface area contributed by atoms with Gasteiger partial charge in [0.25, 0.3) is 0 Å². The van der Waals surface area contributed by atoms with Crippen molar-refractivity contribution in [1.29, 1.82) is 0 Å². The molecule has 0 aromatic carbocycles. The topological polar surface area (TPSA) is 50.7 Å². The highest BCUT2D eigenvalue weighted by Crippen LogP contribution is 2.15. The lowest BCUT2D eigenvalue weighted by molar-refractivity contribution is -0.139. The Morgan fingerprint density at radius 1 is 1.17 bits per heavy atom. The number of aliphatic hydroxyl groups is 1. The van der Waals surface area contributed by atoms with Gasteiger partial charge in [0.2, 0.25) is 0 Å². The van der Waals surface area contributed by atoms with E-state index in [4.69, 9.17) is 9.47 Å². The van der Waals surface area contributed by atoms with Crippen molar-refractivity contribution in [3.63, 3.8) is 0 Å². The van der Waals surface area contributed by atoms with Crippen LogP contribution in [0.1, 0.15) is 47.5 Å². The Morgan fingerprint density at radius 2 is 1.72 bits per heavy atom. The third kappa shape index (κ3) is 9.83. The maximum absolute atomic E-state index is 10.1. The van der Waals surface area contributed by atoms with Gasteiger partial charge >= 0.3 is 0 Å². The van der Waals surface area contributed by atoms with Crippen molar-refractivity contribution in [3.05, 3.63) is 0 Å². The maximum atomic E-state index is 10.1. The summed E-state index contributed by atoms with van der Waals surface area (Å²) in [5.41, 5.74) is -0.638. The van der Waals surface area contributed by atoms with Crippen LogP contribution in [-0.2, 0) is 9.47 Å². The zero-order valence-electron chi connectivity index (χ0n) is 12.7. The molecule has 0 aliphatic heterocycles. The molecule has 4 heteroatoms. The van der Waals surface area contributed by atoms with E-state index in [-0.39, 0.29) is 6.29 Å². The zero-order chi connectivity index (χ0) is 14.0. The molecule has 0 radical (unpaired) electrons. The molecule has 0 rings (SSSR count). The highest BCUT2D eigenvalue weighted by atomic mass is 16.7. The Labute approximate surface area is 112 Å². The van der Waals surface area contributed by atoms with Crippen LogP contribution in [0.4, 0.5) is 0 Å². The van der Waals surface area contributed by atoms with E-state index in [0.717, 1.165) is 19.4 Å². The lowest BCUT2D eigenvalue weighted by atomic mass is 9.94. The summed E-state index contributed by atoms with van der Waals surface area (Å²) in [5, 5.41) is 13.4. The monoisotopic (exact) mass is 261 g/mol. The molecule has 0 spiro atoms. The average molecular weight is 261 g/mol. The smallest absolute Gasteiger partial charge is 0.158 e. The van der Waals surface area contributed by atoms with Crippen LogP contribution in [-0.4, -0.2) is 43.3 Å². The van der Waals surface area contributed by atoms with Gasteiger partial charge in [-0.3, -0.25) is 0 Å². The highest BCUT2D eigenvalue weighted by Gasteiger charge is 2.21. The second-order valence-corrected chi connectivity index (χ2v) is 5.40. The molecule has 1 unspecified atom stereocenters. The molecule has 0 aromatic heterocycles. The predicted octanol–water partition coefficient (Wildman–Crippen LogP) is 2.16. The fourth-order valence-corrected chi connectivity index (χ4v) is 2.12. The predicted molar refractivity (Wildman–Crippen MR) is 74.6 cm³/mol. The van der Waals surface area contributed by atoms with E-state index in [2.05, 4.69) is 19.2 Å². The molecule has 0 aliphatic rings. The van der Waals surface area contributed by atoms with E-state index in [0.29, 0.717) is 25.7 Å². The summed E-state index contributed by atoms with van der Waals surface area (Å²) < 4.78 is 10.9. The molecule has 0 amide bonds. The fraction of sp³-hybridized carbons (Fsp3) is 1.00. The summed E-state index contributed by atoms with van der Waals surface area (Å²) >= 11 is 0. The third-order valence-corrected chi connectivity index (χ3v) is 2.62. The summed E-state index contributed by atoms with van der Waals surface area (Å²) in [5.74, 6) is 0.501. The number of ether oxygens (including phenoxy) is 2. The first-order valence-electron chi connectivity index (χ1n) is 7.07. The van der Waals surface area contributed by atoms with Gasteiger partial charge in [0.15, 0.2) is 6.29 Å². The van der Waals surface area contributed by atoms with Gasteiger partial charge in [0, 0.05) is 32.7 Å². The first-order valence-corrected chi connectivity index (χ1v) is 7.07. The minimum absolute atomic E-state index is 0.137. The molecular weight excluding hydrogens is 230 g/mol. The van der Waals surface area contributed by atoms with Crippen molar-refractivity contribution in [1.82, 2.24) is 5.32 Å². The molecule has 0 saturated carbocycles. The second-order valence-electron chi connectivity index (χ2n) is 5.40. The molecule has 0 bridgehead atoms. The molecule has 4 nitrogen and oxygen atoms in total. The SMILES string of the molecule is CCOC(CCNCC(C)(O)CC(C)C)OCC. The second kappa shape index (κ2) is 9.73. The van der Waals surface area contributed by atoms with E-state index in [1.165, 1.54) is 0 Å². The molecule has 0 saturated heterocycles. The quantitative estimate of drug-likeness (QED) is 0.442. The molecule has 110 valence electrons. The Kier molecular flexibility index (Phi) is 9.64. The maximum Gasteiger partial charge on any atom is 0.158 e. The van der Waals surface area contributed by atoms with E-state index >= 15 is 0 Å². The van der Waals surface area contributed by atoms with Crippen molar-refractivity contribution >= 4 is 0 Å². The van der Waals surface area contributed by atoms with Gasteiger partial charge in [-0.05, 0) is 33.1 Å². The van der Waals surface area contributed by atoms with E-state index in [1.54, 1.807) is 0 Å². The molecular formula is C14H31NO3. The van der Waals surface area contributed by atoms with Gasteiger partial charge < -0.3 is 19.9 Å². The number of rotatable bonds is 11. The van der Waals surface area contributed by atoms with E-state index in [9.17, 15) is 5.11 Å². The molecule has 0 heterocycles. The van der Waals surface area contributed by atoms with Crippen LogP contribution in [0.5, 0.6) is 0 Å². The summed E-state index contributed by atoms with van der Waals surface area (Å²) in [6.07, 6.45) is 1.47. The molecule has 2 N–H and O–H groups in total. The van der Waals surface area contributed by atoms with Crippen LogP contribution in [0.2, 0.25) is 0 Å². The zero-order valence-corrected chi connectivity index (χ0v) is 12.7.